The van der Waals surface area contributed by atoms with Gasteiger partial charge in [0.15, 0.2) is 6.61 Å². The largest absolute Gasteiger partial charge is 0.482 e. The van der Waals surface area contributed by atoms with Crippen molar-refractivity contribution in [3.8, 4) is 5.75 Å². The van der Waals surface area contributed by atoms with E-state index in [-0.39, 0.29) is 29.0 Å². The van der Waals surface area contributed by atoms with E-state index in [2.05, 4.69) is 53.7 Å². The van der Waals surface area contributed by atoms with Crippen molar-refractivity contribution in [2.45, 2.75) is 85.2 Å². The van der Waals surface area contributed by atoms with Gasteiger partial charge in [-0.2, -0.15) is 0 Å². The maximum atomic E-state index is 12.4. The Balaban J connectivity index is 1.34. The van der Waals surface area contributed by atoms with Gasteiger partial charge in [0.05, 0.1) is 0 Å². The summed E-state index contributed by atoms with van der Waals surface area (Å²) in [6, 6.07) is 8.32. The van der Waals surface area contributed by atoms with E-state index in [1.165, 1.54) is 18.4 Å². The van der Waals surface area contributed by atoms with Gasteiger partial charge in [0.25, 0.3) is 0 Å². The maximum Gasteiger partial charge on any atom is 0.344 e. The van der Waals surface area contributed by atoms with Gasteiger partial charge < -0.3 is 9.47 Å². The Bertz CT molecular complexity index is 736. The van der Waals surface area contributed by atoms with E-state index < -0.39 is 0 Å². The lowest BCUT2D eigenvalue weighted by atomic mass is 9.69. The van der Waals surface area contributed by atoms with Crippen LogP contribution in [-0.4, -0.2) is 18.2 Å². The second-order valence-corrected chi connectivity index (χ2v) is 12.2. The number of hydrogen-bond acceptors (Lipinski definition) is 3. The Morgan fingerprint density at radius 3 is 2.07 bits per heavy atom. The minimum absolute atomic E-state index is 0.00778. The van der Waals surface area contributed by atoms with E-state index in [9.17, 15) is 4.79 Å². The number of ether oxygens (including phenoxy) is 2. The van der Waals surface area contributed by atoms with E-state index in [1.54, 1.807) is 0 Å². The van der Waals surface area contributed by atoms with Crippen molar-refractivity contribution in [1.29, 1.82) is 0 Å². The van der Waals surface area contributed by atoms with Crippen LogP contribution >= 0.6 is 0 Å². The lowest BCUT2D eigenvalue weighted by molar-refractivity contribution is -0.163. The van der Waals surface area contributed by atoms with E-state index in [1.807, 2.05) is 12.1 Å². The predicted octanol–water partition coefficient (Wildman–Crippen LogP) is 6.36. The van der Waals surface area contributed by atoms with Crippen molar-refractivity contribution in [3.05, 3.63) is 29.8 Å². The molecule has 3 unspecified atom stereocenters. The normalized spacial score (nSPS) is 31.3. The Morgan fingerprint density at radius 2 is 1.62 bits per heavy atom. The number of benzene rings is 1. The highest BCUT2D eigenvalue weighted by atomic mass is 16.6. The molecule has 0 aliphatic heterocycles. The lowest BCUT2D eigenvalue weighted by Crippen LogP contribution is -2.36. The SMILES string of the molecule is CC(C)(C)CC(c1ccc(OCC(=O)OC23CC4CC2CC4C3)cc1)C(C)(C)C. The van der Waals surface area contributed by atoms with Crippen LogP contribution in [0, 0.1) is 28.6 Å². The highest BCUT2D eigenvalue weighted by Crippen LogP contribution is 2.66. The number of esters is 1. The maximum absolute atomic E-state index is 12.4. The summed E-state index contributed by atoms with van der Waals surface area (Å²) in [6.45, 7) is 13.8. The highest BCUT2D eigenvalue weighted by molar-refractivity contribution is 5.72. The average molecular weight is 399 g/mol. The van der Waals surface area contributed by atoms with Gasteiger partial charge in [0, 0.05) is 0 Å². The quantitative estimate of drug-likeness (QED) is 0.523. The standard InChI is InChI=1S/C26H38O3/c1-24(2,3)15-22(25(4,5)6)17-7-9-21(10-8-17)28-16-23(27)29-26-13-18-11-20(26)12-19(18)14-26/h7-10,18-20,22H,11-16H2,1-6H3. The number of carbonyl (C=O) groups is 1. The molecule has 0 N–H and O–H groups in total. The van der Waals surface area contributed by atoms with Crippen LogP contribution < -0.4 is 4.74 Å². The molecule has 1 aromatic carbocycles. The number of hydrogen-bond donors (Lipinski definition) is 0. The molecule has 160 valence electrons. The van der Waals surface area contributed by atoms with Crippen molar-refractivity contribution in [3.63, 3.8) is 0 Å². The zero-order chi connectivity index (χ0) is 21.0. The van der Waals surface area contributed by atoms with Crippen LogP contribution in [-0.2, 0) is 9.53 Å². The third-order valence-electron chi connectivity index (χ3n) is 7.62. The summed E-state index contributed by atoms with van der Waals surface area (Å²) in [5.74, 6) is 3.24. The van der Waals surface area contributed by atoms with Gasteiger partial charge in [-0.1, -0.05) is 53.7 Å². The van der Waals surface area contributed by atoms with Gasteiger partial charge in [-0.25, -0.2) is 4.79 Å². The van der Waals surface area contributed by atoms with Crippen molar-refractivity contribution < 1.29 is 14.3 Å². The fraction of sp³-hybridized carbons (Fsp3) is 0.731. The molecular formula is C26H38O3. The van der Waals surface area contributed by atoms with Gasteiger partial charge in [0.1, 0.15) is 11.4 Å². The van der Waals surface area contributed by atoms with Gasteiger partial charge in [-0.3, -0.25) is 0 Å². The second-order valence-electron chi connectivity index (χ2n) is 12.2. The highest BCUT2D eigenvalue weighted by Gasteiger charge is 2.65. The van der Waals surface area contributed by atoms with E-state index >= 15 is 0 Å². The van der Waals surface area contributed by atoms with Crippen molar-refractivity contribution in [2.24, 2.45) is 28.6 Å². The fourth-order valence-corrected chi connectivity index (χ4v) is 6.34. The summed E-state index contributed by atoms with van der Waals surface area (Å²) in [4.78, 5) is 12.4. The molecule has 0 saturated heterocycles. The molecule has 0 amide bonds. The number of rotatable bonds is 6. The Kier molecular flexibility index (Phi) is 5.03. The van der Waals surface area contributed by atoms with Crippen LogP contribution in [0.15, 0.2) is 24.3 Å². The molecule has 3 atom stereocenters. The van der Waals surface area contributed by atoms with Crippen LogP contribution in [0.3, 0.4) is 0 Å². The molecule has 1 aromatic rings. The first-order valence-corrected chi connectivity index (χ1v) is 11.4. The first kappa shape index (κ1) is 20.8. The molecule has 3 heteroatoms. The van der Waals surface area contributed by atoms with Gasteiger partial charge in [0.2, 0.25) is 0 Å². The molecule has 5 rings (SSSR count). The molecule has 0 heterocycles. The zero-order valence-electron chi connectivity index (χ0n) is 19.1. The molecule has 4 bridgehead atoms. The smallest absolute Gasteiger partial charge is 0.344 e. The summed E-state index contributed by atoms with van der Waals surface area (Å²) in [7, 11) is 0. The summed E-state index contributed by atoms with van der Waals surface area (Å²) >= 11 is 0. The van der Waals surface area contributed by atoms with Crippen LogP contribution in [0.2, 0.25) is 0 Å². The third kappa shape index (κ3) is 4.20. The van der Waals surface area contributed by atoms with E-state index in [0.717, 1.165) is 36.8 Å². The average Bonchev–Trinajstić information content (AvgIpc) is 3.31. The zero-order valence-corrected chi connectivity index (χ0v) is 19.1. The minimum Gasteiger partial charge on any atom is -0.482 e. The van der Waals surface area contributed by atoms with E-state index in [0.29, 0.717) is 11.8 Å². The molecule has 4 fully saturated rings. The van der Waals surface area contributed by atoms with Crippen LogP contribution in [0.25, 0.3) is 0 Å². The first-order chi connectivity index (χ1) is 13.5. The summed E-state index contributed by atoms with van der Waals surface area (Å²) in [5, 5.41) is 0. The summed E-state index contributed by atoms with van der Waals surface area (Å²) < 4.78 is 11.7. The Morgan fingerprint density at radius 1 is 1.03 bits per heavy atom. The predicted molar refractivity (Wildman–Crippen MR) is 116 cm³/mol. The molecule has 4 aliphatic rings. The third-order valence-corrected chi connectivity index (χ3v) is 7.62. The van der Waals surface area contributed by atoms with Gasteiger partial charge in [-0.05, 0) is 84.3 Å². The molecule has 3 nitrogen and oxygen atoms in total. The van der Waals surface area contributed by atoms with Crippen molar-refractivity contribution >= 4 is 5.97 Å². The second kappa shape index (κ2) is 7.03. The molecule has 29 heavy (non-hydrogen) atoms. The molecule has 4 saturated carbocycles. The molecule has 4 aliphatic carbocycles. The Hall–Kier alpha value is -1.51. The van der Waals surface area contributed by atoms with Crippen LogP contribution in [0.5, 0.6) is 5.75 Å². The molecule has 0 spiro atoms. The number of carbonyl (C=O) groups excluding carboxylic acids is 1. The van der Waals surface area contributed by atoms with Crippen LogP contribution in [0.4, 0.5) is 0 Å². The minimum atomic E-state index is -0.206. The van der Waals surface area contributed by atoms with E-state index in [4.69, 9.17) is 9.47 Å². The summed E-state index contributed by atoms with van der Waals surface area (Å²) in [5.41, 5.74) is 1.66. The van der Waals surface area contributed by atoms with Crippen LogP contribution in [0.1, 0.15) is 85.1 Å². The molecule has 0 aromatic heterocycles. The molecular weight excluding hydrogens is 360 g/mol. The lowest BCUT2D eigenvalue weighted by Gasteiger charge is -2.36. The van der Waals surface area contributed by atoms with Gasteiger partial charge in [-0.15, -0.1) is 0 Å². The fourth-order valence-electron chi connectivity index (χ4n) is 6.34. The summed E-state index contributed by atoms with van der Waals surface area (Å²) in [6.07, 6.45) is 5.84. The first-order valence-electron chi connectivity index (χ1n) is 11.4. The topological polar surface area (TPSA) is 35.5 Å². The molecule has 0 radical (unpaired) electrons. The Labute approximate surface area is 176 Å². The van der Waals surface area contributed by atoms with Gasteiger partial charge >= 0.3 is 5.97 Å². The van der Waals surface area contributed by atoms with Crippen molar-refractivity contribution in [2.75, 3.05) is 6.61 Å². The van der Waals surface area contributed by atoms with Crippen molar-refractivity contribution in [1.82, 2.24) is 0 Å². The monoisotopic (exact) mass is 398 g/mol.